The topological polar surface area (TPSA) is 42.0 Å². The van der Waals surface area contributed by atoms with Crippen LogP contribution in [0, 0.1) is 0 Å². The number of amides is 1. The van der Waals surface area contributed by atoms with Gasteiger partial charge in [-0.05, 0) is 59.9 Å². The molecular formula is C21H16N2OS2. The van der Waals surface area contributed by atoms with Gasteiger partial charge < -0.3 is 0 Å². The molecule has 0 atom stereocenters. The summed E-state index contributed by atoms with van der Waals surface area (Å²) in [6, 6.07) is 16.4. The van der Waals surface area contributed by atoms with Crippen LogP contribution in [0.2, 0.25) is 0 Å². The molecule has 5 rings (SSSR count). The first-order valence-electron chi connectivity index (χ1n) is 8.52. The molecule has 3 aromatic carbocycles. The highest BCUT2D eigenvalue weighted by atomic mass is 32.2. The Morgan fingerprint density at radius 1 is 1.12 bits per heavy atom. The second-order valence-corrected chi connectivity index (χ2v) is 8.34. The van der Waals surface area contributed by atoms with Crippen molar-refractivity contribution in [1.29, 1.82) is 0 Å². The first kappa shape index (κ1) is 15.9. The van der Waals surface area contributed by atoms with E-state index in [0.717, 1.165) is 28.0 Å². The number of rotatable bonds is 3. The Morgan fingerprint density at radius 3 is 2.85 bits per heavy atom. The van der Waals surface area contributed by atoms with Crippen molar-refractivity contribution in [1.82, 2.24) is 4.98 Å². The van der Waals surface area contributed by atoms with Gasteiger partial charge in [0.1, 0.15) is 0 Å². The minimum absolute atomic E-state index is 0.114. The number of aryl methyl sites for hydroxylation is 2. The third kappa shape index (κ3) is 2.50. The van der Waals surface area contributed by atoms with Crippen molar-refractivity contribution in [3.05, 3.63) is 65.2 Å². The lowest BCUT2D eigenvalue weighted by atomic mass is 10.0. The predicted molar refractivity (Wildman–Crippen MR) is 111 cm³/mol. The van der Waals surface area contributed by atoms with E-state index in [0.29, 0.717) is 10.7 Å². The lowest BCUT2D eigenvalue weighted by molar-refractivity contribution is 0.102. The van der Waals surface area contributed by atoms with E-state index in [1.54, 1.807) is 23.1 Å². The standard InChI is InChI=1S/C21H16N2OS2/c1-25-15-6-2-5-14(10-15)20(24)23-21-22-19-16-7-3-4-12-8-9-13(18(12)16)11-17(19)26-21/h2-7,10-11H,8-9H2,1H3,(H,22,23,24). The summed E-state index contributed by atoms with van der Waals surface area (Å²) in [6.45, 7) is 0. The first-order valence-corrected chi connectivity index (χ1v) is 10.6. The fourth-order valence-electron chi connectivity index (χ4n) is 3.69. The molecule has 1 aliphatic carbocycles. The number of hydrogen-bond donors (Lipinski definition) is 1. The van der Waals surface area contributed by atoms with Crippen LogP contribution in [0.3, 0.4) is 0 Å². The molecule has 0 saturated heterocycles. The van der Waals surface area contributed by atoms with Gasteiger partial charge >= 0.3 is 0 Å². The van der Waals surface area contributed by atoms with Crippen LogP contribution >= 0.6 is 23.1 Å². The number of nitrogens with one attached hydrogen (secondary N) is 1. The zero-order valence-electron chi connectivity index (χ0n) is 14.2. The van der Waals surface area contributed by atoms with Crippen LogP contribution in [0.15, 0.2) is 53.4 Å². The Hall–Kier alpha value is -2.37. The van der Waals surface area contributed by atoms with Crippen LogP contribution in [0.1, 0.15) is 21.5 Å². The highest BCUT2D eigenvalue weighted by Crippen LogP contribution is 2.39. The molecule has 0 bridgehead atoms. The lowest BCUT2D eigenvalue weighted by Crippen LogP contribution is -2.11. The average molecular weight is 377 g/mol. The van der Waals surface area contributed by atoms with Gasteiger partial charge in [0.25, 0.3) is 5.91 Å². The third-order valence-corrected chi connectivity index (χ3v) is 6.54. The number of anilines is 1. The molecule has 1 heterocycles. The van der Waals surface area contributed by atoms with Gasteiger partial charge in [0.2, 0.25) is 0 Å². The van der Waals surface area contributed by atoms with E-state index in [-0.39, 0.29) is 5.91 Å². The molecular weight excluding hydrogens is 360 g/mol. The summed E-state index contributed by atoms with van der Waals surface area (Å²) < 4.78 is 1.14. The summed E-state index contributed by atoms with van der Waals surface area (Å²) >= 11 is 3.18. The second-order valence-electron chi connectivity index (χ2n) is 6.43. The maximum atomic E-state index is 12.6. The lowest BCUT2D eigenvalue weighted by Gasteiger charge is -2.03. The summed E-state index contributed by atoms with van der Waals surface area (Å²) in [7, 11) is 0. The maximum Gasteiger partial charge on any atom is 0.257 e. The van der Waals surface area contributed by atoms with Crippen LogP contribution in [0.25, 0.3) is 21.0 Å². The minimum Gasteiger partial charge on any atom is -0.298 e. The van der Waals surface area contributed by atoms with Gasteiger partial charge in [-0.25, -0.2) is 4.98 Å². The molecule has 128 valence electrons. The molecule has 1 aromatic heterocycles. The van der Waals surface area contributed by atoms with Crippen molar-refractivity contribution in [3.8, 4) is 0 Å². The Bertz CT molecular complexity index is 1180. The fraction of sp³-hybridized carbons (Fsp3) is 0.143. The van der Waals surface area contributed by atoms with Gasteiger partial charge in [-0.2, -0.15) is 0 Å². The van der Waals surface area contributed by atoms with E-state index >= 15 is 0 Å². The van der Waals surface area contributed by atoms with Crippen molar-refractivity contribution in [2.45, 2.75) is 17.7 Å². The molecule has 0 saturated carbocycles. The largest absolute Gasteiger partial charge is 0.298 e. The number of carbonyl (C=O) groups is 1. The minimum atomic E-state index is -0.114. The molecule has 0 spiro atoms. The van der Waals surface area contributed by atoms with E-state index in [9.17, 15) is 4.79 Å². The Morgan fingerprint density at radius 2 is 1.96 bits per heavy atom. The van der Waals surface area contributed by atoms with Crippen LogP contribution < -0.4 is 5.32 Å². The van der Waals surface area contributed by atoms with Crippen LogP contribution in [-0.2, 0) is 12.8 Å². The van der Waals surface area contributed by atoms with Crippen molar-refractivity contribution in [2.24, 2.45) is 0 Å². The van der Waals surface area contributed by atoms with Gasteiger partial charge in [0, 0.05) is 15.8 Å². The second kappa shape index (κ2) is 6.11. The van der Waals surface area contributed by atoms with Crippen LogP contribution in [0.5, 0.6) is 0 Å². The molecule has 4 aromatic rings. The number of nitrogens with zero attached hydrogens (tertiary/aromatic N) is 1. The molecule has 0 radical (unpaired) electrons. The molecule has 1 amide bonds. The van der Waals surface area contributed by atoms with E-state index in [1.807, 2.05) is 30.5 Å². The van der Waals surface area contributed by atoms with Crippen molar-refractivity contribution in [3.63, 3.8) is 0 Å². The van der Waals surface area contributed by atoms with Crippen molar-refractivity contribution >= 4 is 55.1 Å². The summed E-state index contributed by atoms with van der Waals surface area (Å²) in [5.41, 5.74) is 4.46. The summed E-state index contributed by atoms with van der Waals surface area (Å²) in [6.07, 6.45) is 4.21. The summed E-state index contributed by atoms with van der Waals surface area (Å²) in [5.74, 6) is -0.114. The van der Waals surface area contributed by atoms with Gasteiger partial charge in [-0.1, -0.05) is 35.6 Å². The third-order valence-electron chi connectivity index (χ3n) is 4.90. The van der Waals surface area contributed by atoms with Crippen molar-refractivity contribution in [2.75, 3.05) is 11.6 Å². The van der Waals surface area contributed by atoms with E-state index in [4.69, 9.17) is 4.98 Å². The van der Waals surface area contributed by atoms with E-state index in [2.05, 4.69) is 29.6 Å². The zero-order chi connectivity index (χ0) is 17.7. The fourth-order valence-corrected chi connectivity index (χ4v) is 5.09. The number of thiazole rings is 1. The monoisotopic (exact) mass is 376 g/mol. The maximum absolute atomic E-state index is 12.6. The Kier molecular flexibility index (Phi) is 3.72. The predicted octanol–water partition coefficient (Wildman–Crippen LogP) is 5.52. The molecule has 0 aliphatic heterocycles. The highest BCUT2D eigenvalue weighted by molar-refractivity contribution is 7.98. The van der Waals surface area contributed by atoms with Crippen LogP contribution in [0.4, 0.5) is 5.13 Å². The number of carbonyl (C=O) groups excluding carboxylic acids is 1. The summed E-state index contributed by atoms with van der Waals surface area (Å²) in [5, 5.41) is 6.19. The number of thioether (sulfide) groups is 1. The number of hydrogen-bond acceptors (Lipinski definition) is 4. The Balaban J connectivity index is 1.55. The number of aromatic nitrogens is 1. The van der Waals surface area contributed by atoms with Crippen LogP contribution in [-0.4, -0.2) is 17.1 Å². The van der Waals surface area contributed by atoms with E-state index < -0.39 is 0 Å². The molecule has 1 aliphatic rings. The average Bonchev–Trinajstić information content (AvgIpc) is 3.27. The van der Waals surface area contributed by atoms with Gasteiger partial charge in [-0.15, -0.1) is 11.8 Å². The zero-order valence-corrected chi connectivity index (χ0v) is 15.8. The molecule has 0 unspecified atom stereocenters. The quantitative estimate of drug-likeness (QED) is 0.479. The number of fused-ring (bicyclic) bond motifs is 2. The molecule has 26 heavy (non-hydrogen) atoms. The normalized spacial score (nSPS) is 12.8. The highest BCUT2D eigenvalue weighted by Gasteiger charge is 2.19. The SMILES string of the molecule is CSc1cccc(C(=O)Nc2nc3c(cc4c5c(cccc53)CC4)s2)c1. The summed E-state index contributed by atoms with van der Waals surface area (Å²) in [4.78, 5) is 18.4. The smallest absolute Gasteiger partial charge is 0.257 e. The van der Waals surface area contributed by atoms with Gasteiger partial charge in [-0.3, -0.25) is 10.1 Å². The molecule has 0 fully saturated rings. The molecule has 3 nitrogen and oxygen atoms in total. The van der Waals surface area contributed by atoms with Gasteiger partial charge in [0.15, 0.2) is 5.13 Å². The number of benzene rings is 3. The first-order chi connectivity index (χ1) is 12.7. The Labute approximate surface area is 159 Å². The van der Waals surface area contributed by atoms with E-state index in [1.165, 1.54) is 21.9 Å². The van der Waals surface area contributed by atoms with Crippen molar-refractivity contribution < 1.29 is 4.79 Å². The van der Waals surface area contributed by atoms with Gasteiger partial charge in [0.05, 0.1) is 10.2 Å². The molecule has 1 N–H and O–H groups in total. The molecule has 5 heteroatoms.